The summed E-state index contributed by atoms with van der Waals surface area (Å²) in [4.78, 5) is 19.5. The van der Waals surface area contributed by atoms with Crippen molar-refractivity contribution in [3.63, 3.8) is 0 Å². The lowest BCUT2D eigenvalue weighted by atomic mass is 10.3. The van der Waals surface area contributed by atoms with E-state index < -0.39 is 17.4 Å². The Morgan fingerprint density at radius 2 is 2.30 bits per heavy atom. The molecule has 0 rings (SSSR count). The third kappa shape index (κ3) is 2.81. The number of ether oxygens (including phenoxy) is 1. The van der Waals surface area contributed by atoms with Crippen LogP contribution in [0.4, 0.5) is 0 Å². The molecule has 10 heavy (non-hydrogen) atoms. The van der Waals surface area contributed by atoms with Gasteiger partial charge in [-0.15, -0.1) is 0 Å². The van der Waals surface area contributed by atoms with Crippen LogP contribution in [0, 0.1) is 10.1 Å². The maximum atomic E-state index is 10.4. The molecule has 0 unspecified atom stereocenters. The van der Waals surface area contributed by atoms with E-state index in [2.05, 4.69) is 11.3 Å². The van der Waals surface area contributed by atoms with Gasteiger partial charge in [0.1, 0.15) is 5.57 Å². The standard InChI is InChI=1S/C5H7NO4/c1-4(3-6(8)9)5(7)10-2/h1,3H2,2H3. The highest BCUT2D eigenvalue weighted by Gasteiger charge is 2.11. The zero-order valence-electron chi connectivity index (χ0n) is 5.49. The SMILES string of the molecule is C=C(C[N+](=O)[O-])C(=O)OC. The van der Waals surface area contributed by atoms with E-state index in [1.165, 1.54) is 0 Å². The molecule has 0 saturated carbocycles. The molecule has 5 heteroatoms. The Bertz CT molecular complexity index is 174. The molecule has 0 aliphatic rings. The first-order valence-corrected chi connectivity index (χ1v) is 2.45. The summed E-state index contributed by atoms with van der Waals surface area (Å²) >= 11 is 0. The van der Waals surface area contributed by atoms with Crippen LogP contribution < -0.4 is 0 Å². The molecule has 0 heterocycles. The first kappa shape index (κ1) is 8.61. The number of hydrogen-bond donors (Lipinski definition) is 0. The highest BCUT2D eigenvalue weighted by Crippen LogP contribution is 1.92. The molecule has 0 aromatic rings. The Hall–Kier alpha value is -1.39. The van der Waals surface area contributed by atoms with Gasteiger partial charge in [0.2, 0.25) is 6.54 Å². The van der Waals surface area contributed by atoms with Crippen LogP contribution in [0.3, 0.4) is 0 Å². The number of esters is 1. The van der Waals surface area contributed by atoms with Gasteiger partial charge < -0.3 is 4.74 Å². The van der Waals surface area contributed by atoms with Gasteiger partial charge in [0.15, 0.2) is 0 Å². The van der Waals surface area contributed by atoms with Crippen LogP contribution >= 0.6 is 0 Å². The van der Waals surface area contributed by atoms with Crippen LogP contribution in [0.2, 0.25) is 0 Å². The number of hydrogen-bond acceptors (Lipinski definition) is 4. The van der Waals surface area contributed by atoms with Crippen molar-refractivity contribution in [3.05, 3.63) is 22.3 Å². The quantitative estimate of drug-likeness (QED) is 0.242. The zero-order valence-corrected chi connectivity index (χ0v) is 5.49. The van der Waals surface area contributed by atoms with Crippen molar-refractivity contribution >= 4 is 5.97 Å². The maximum Gasteiger partial charge on any atom is 0.339 e. The Balaban J connectivity index is 3.86. The lowest BCUT2D eigenvalue weighted by Crippen LogP contribution is -2.12. The van der Waals surface area contributed by atoms with Crippen LogP contribution in [0.25, 0.3) is 0 Å². The monoisotopic (exact) mass is 145 g/mol. The van der Waals surface area contributed by atoms with Gasteiger partial charge in [-0.3, -0.25) is 10.1 Å². The van der Waals surface area contributed by atoms with E-state index >= 15 is 0 Å². The third-order valence-electron chi connectivity index (χ3n) is 0.794. The van der Waals surface area contributed by atoms with Crippen LogP contribution in [0.1, 0.15) is 0 Å². The molecule has 56 valence electrons. The summed E-state index contributed by atoms with van der Waals surface area (Å²) in [6, 6.07) is 0. The average Bonchev–Trinajstić information content (AvgIpc) is 1.85. The van der Waals surface area contributed by atoms with E-state index in [1.807, 2.05) is 0 Å². The van der Waals surface area contributed by atoms with Crippen LogP contribution in [-0.4, -0.2) is 24.5 Å². The number of methoxy groups -OCH3 is 1. The molecule has 0 spiro atoms. The van der Waals surface area contributed by atoms with Gasteiger partial charge >= 0.3 is 5.97 Å². The topological polar surface area (TPSA) is 69.4 Å². The molecule has 0 N–H and O–H groups in total. The molecule has 0 atom stereocenters. The first-order chi connectivity index (χ1) is 4.57. The molecule has 0 saturated heterocycles. The highest BCUT2D eigenvalue weighted by atomic mass is 16.6. The highest BCUT2D eigenvalue weighted by molar-refractivity contribution is 5.87. The van der Waals surface area contributed by atoms with Crippen molar-refractivity contribution in [2.24, 2.45) is 0 Å². The van der Waals surface area contributed by atoms with Gasteiger partial charge in [0.25, 0.3) is 0 Å². The summed E-state index contributed by atoms with van der Waals surface area (Å²) in [6.45, 7) is 2.59. The molecule has 0 aliphatic heterocycles. The van der Waals surface area contributed by atoms with Crippen LogP contribution in [0.5, 0.6) is 0 Å². The average molecular weight is 145 g/mol. The molecule has 0 radical (unpaired) electrons. The second kappa shape index (κ2) is 3.60. The smallest absolute Gasteiger partial charge is 0.339 e. The number of rotatable bonds is 3. The van der Waals surface area contributed by atoms with Crippen molar-refractivity contribution in [2.45, 2.75) is 0 Å². The molecule has 0 aromatic heterocycles. The second-order valence-corrected chi connectivity index (χ2v) is 1.59. The fourth-order valence-electron chi connectivity index (χ4n) is 0.365. The summed E-state index contributed by atoms with van der Waals surface area (Å²) in [6.07, 6.45) is 0. The van der Waals surface area contributed by atoms with Crippen molar-refractivity contribution in [1.82, 2.24) is 0 Å². The summed E-state index contributed by atoms with van der Waals surface area (Å²) in [5.74, 6) is -0.739. The molecule has 0 amide bonds. The Labute approximate surface area is 57.4 Å². The van der Waals surface area contributed by atoms with E-state index in [9.17, 15) is 14.9 Å². The van der Waals surface area contributed by atoms with Crippen LogP contribution in [0.15, 0.2) is 12.2 Å². The predicted octanol–water partition coefficient (Wildman–Crippen LogP) is -0.00770. The lowest BCUT2D eigenvalue weighted by molar-refractivity contribution is -0.470. The van der Waals surface area contributed by atoms with E-state index in [0.717, 1.165) is 7.11 Å². The Morgan fingerprint density at radius 1 is 1.80 bits per heavy atom. The Morgan fingerprint density at radius 3 is 2.60 bits per heavy atom. The minimum Gasteiger partial charge on any atom is -0.465 e. The molecule has 0 fully saturated rings. The van der Waals surface area contributed by atoms with E-state index in [0.29, 0.717) is 0 Å². The third-order valence-corrected chi connectivity index (χ3v) is 0.794. The van der Waals surface area contributed by atoms with Gasteiger partial charge in [-0.1, -0.05) is 6.58 Å². The van der Waals surface area contributed by atoms with Crippen molar-refractivity contribution in [3.8, 4) is 0 Å². The summed E-state index contributed by atoms with van der Waals surface area (Å²) in [5.41, 5.74) is -0.146. The molecule has 5 nitrogen and oxygen atoms in total. The van der Waals surface area contributed by atoms with Gasteiger partial charge in [-0.2, -0.15) is 0 Å². The van der Waals surface area contributed by atoms with Gasteiger partial charge in [0.05, 0.1) is 7.11 Å². The summed E-state index contributed by atoms with van der Waals surface area (Å²) < 4.78 is 4.17. The van der Waals surface area contributed by atoms with Crippen molar-refractivity contribution in [2.75, 3.05) is 13.7 Å². The first-order valence-electron chi connectivity index (χ1n) is 2.45. The van der Waals surface area contributed by atoms with Gasteiger partial charge in [0, 0.05) is 4.92 Å². The lowest BCUT2D eigenvalue weighted by Gasteiger charge is -1.95. The zero-order chi connectivity index (χ0) is 8.15. The fraction of sp³-hybridized carbons (Fsp3) is 0.400. The number of carbonyl (C=O) groups is 1. The number of nitrogens with zero attached hydrogens (tertiary/aromatic N) is 1. The number of carbonyl (C=O) groups excluding carboxylic acids is 1. The second-order valence-electron chi connectivity index (χ2n) is 1.59. The fourth-order valence-corrected chi connectivity index (χ4v) is 0.365. The Kier molecular flexibility index (Phi) is 3.10. The van der Waals surface area contributed by atoms with E-state index in [4.69, 9.17) is 0 Å². The van der Waals surface area contributed by atoms with E-state index in [1.54, 1.807) is 0 Å². The molecular formula is C5H7NO4. The summed E-state index contributed by atoms with van der Waals surface area (Å²) in [5, 5.41) is 9.77. The largest absolute Gasteiger partial charge is 0.465 e. The maximum absolute atomic E-state index is 10.4. The van der Waals surface area contributed by atoms with Crippen molar-refractivity contribution < 1.29 is 14.5 Å². The van der Waals surface area contributed by atoms with Gasteiger partial charge in [-0.25, -0.2) is 4.79 Å². The number of nitro groups is 1. The summed E-state index contributed by atoms with van der Waals surface area (Å²) in [7, 11) is 1.15. The van der Waals surface area contributed by atoms with Crippen LogP contribution in [-0.2, 0) is 9.53 Å². The van der Waals surface area contributed by atoms with Gasteiger partial charge in [-0.05, 0) is 0 Å². The molecule has 0 aliphatic carbocycles. The molecule has 0 aromatic carbocycles. The molecular weight excluding hydrogens is 138 g/mol. The van der Waals surface area contributed by atoms with E-state index in [-0.39, 0.29) is 5.57 Å². The minimum absolute atomic E-state index is 0.146. The molecule has 0 bridgehead atoms. The predicted molar refractivity (Wildman–Crippen MR) is 33.0 cm³/mol. The van der Waals surface area contributed by atoms with Crippen molar-refractivity contribution in [1.29, 1.82) is 0 Å². The minimum atomic E-state index is -0.739. The normalized spacial score (nSPS) is 8.50.